The number of rotatable bonds is 5. The molecule has 2 N–H and O–H groups in total. The van der Waals surface area contributed by atoms with Crippen LogP contribution in [0.25, 0.3) is 22.0 Å². The van der Waals surface area contributed by atoms with E-state index in [1.165, 1.54) is 17.9 Å². The van der Waals surface area contributed by atoms with Crippen LogP contribution in [0.5, 0.6) is 0 Å². The number of carbonyl (C=O) groups is 1. The molecule has 0 spiro atoms. The Kier molecular flexibility index (Phi) is 5.37. The minimum absolute atomic E-state index is 0.0538. The highest BCUT2D eigenvalue weighted by Gasteiger charge is 2.20. The topological polar surface area (TPSA) is 88.0 Å². The summed E-state index contributed by atoms with van der Waals surface area (Å²) in [6, 6.07) is 14.6. The molecular formula is C23H21N3O3S. The Morgan fingerprint density at radius 3 is 2.57 bits per heavy atom. The van der Waals surface area contributed by atoms with Gasteiger partial charge in [-0.25, -0.2) is 4.98 Å². The molecule has 1 atom stereocenters. The molecule has 7 heteroatoms. The van der Waals surface area contributed by atoms with Gasteiger partial charge in [0, 0.05) is 5.56 Å². The van der Waals surface area contributed by atoms with Crippen LogP contribution >= 0.6 is 11.3 Å². The number of benzene rings is 1. The molecule has 0 radical (unpaired) electrons. The van der Waals surface area contributed by atoms with Crippen LogP contribution in [0.15, 0.2) is 64.0 Å². The van der Waals surface area contributed by atoms with E-state index in [4.69, 9.17) is 4.42 Å². The van der Waals surface area contributed by atoms with E-state index < -0.39 is 11.5 Å². The van der Waals surface area contributed by atoms with E-state index in [0.717, 1.165) is 21.1 Å². The molecule has 1 aromatic carbocycles. The summed E-state index contributed by atoms with van der Waals surface area (Å²) < 4.78 is 5.28. The normalized spacial score (nSPS) is 12.0. The average Bonchev–Trinajstić information content (AvgIpc) is 3.38. The number of thiazole rings is 1. The maximum atomic E-state index is 12.7. The number of pyridine rings is 1. The van der Waals surface area contributed by atoms with Gasteiger partial charge in [-0.2, -0.15) is 0 Å². The predicted molar refractivity (Wildman–Crippen MR) is 118 cm³/mol. The van der Waals surface area contributed by atoms with Crippen LogP contribution in [-0.4, -0.2) is 15.9 Å². The van der Waals surface area contributed by atoms with E-state index in [-0.39, 0.29) is 11.6 Å². The maximum absolute atomic E-state index is 12.7. The van der Waals surface area contributed by atoms with Crippen molar-refractivity contribution in [2.45, 2.75) is 26.8 Å². The molecule has 4 aromatic rings. The van der Waals surface area contributed by atoms with E-state index in [0.29, 0.717) is 11.5 Å². The number of nitrogens with one attached hydrogen (secondary N) is 2. The quantitative estimate of drug-likeness (QED) is 0.483. The van der Waals surface area contributed by atoms with Gasteiger partial charge in [0.2, 0.25) is 0 Å². The molecule has 152 valence electrons. The Labute approximate surface area is 177 Å². The Morgan fingerprint density at radius 2 is 1.90 bits per heavy atom. The highest BCUT2D eigenvalue weighted by molar-refractivity contribution is 7.15. The zero-order valence-electron chi connectivity index (χ0n) is 16.9. The summed E-state index contributed by atoms with van der Waals surface area (Å²) in [5.41, 5.74) is 3.22. The van der Waals surface area contributed by atoms with Crippen molar-refractivity contribution < 1.29 is 9.21 Å². The molecular weight excluding hydrogens is 398 g/mol. The van der Waals surface area contributed by atoms with Gasteiger partial charge < -0.3 is 14.7 Å². The van der Waals surface area contributed by atoms with E-state index >= 15 is 0 Å². The lowest BCUT2D eigenvalue weighted by molar-refractivity contribution is 0.0939. The summed E-state index contributed by atoms with van der Waals surface area (Å²) >= 11 is 1.54. The Hall–Kier alpha value is -3.45. The number of furan rings is 1. The Balaban J connectivity index is 1.53. The van der Waals surface area contributed by atoms with Crippen LogP contribution in [0.1, 0.15) is 39.5 Å². The predicted octanol–water partition coefficient (Wildman–Crippen LogP) is 4.87. The fourth-order valence-electron chi connectivity index (χ4n) is 3.20. The number of aromatic nitrogens is 2. The molecule has 6 nitrogen and oxygen atoms in total. The van der Waals surface area contributed by atoms with Crippen molar-refractivity contribution in [2.24, 2.45) is 0 Å². The monoisotopic (exact) mass is 419 g/mol. The van der Waals surface area contributed by atoms with Crippen LogP contribution in [0.2, 0.25) is 0 Å². The molecule has 0 bridgehead atoms. The number of carbonyl (C=O) groups excluding carboxylic acids is 1. The molecule has 0 saturated carbocycles. The van der Waals surface area contributed by atoms with E-state index in [2.05, 4.69) is 27.4 Å². The smallest absolute Gasteiger partial charge is 0.261 e. The minimum Gasteiger partial charge on any atom is -0.463 e. The van der Waals surface area contributed by atoms with Gasteiger partial charge in [0.25, 0.3) is 11.5 Å². The van der Waals surface area contributed by atoms with E-state index in [9.17, 15) is 9.59 Å². The first-order chi connectivity index (χ1) is 14.4. The zero-order chi connectivity index (χ0) is 21.3. The van der Waals surface area contributed by atoms with Gasteiger partial charge in [0.1, 0.15) is 16.3 Å². The number of aryl methyl sites for hydroxylation is 2. The third-order valence-electron chi connectivity index (χ3n) is 4.81. The molecule has 30 heavy (non-hydrogen) atoms. The van der Waals surface area contributed by atoms with Crippen molar-refractivity contribution in [1.29, 1.82) is 0 Å². The lowest BCUT2D eigenvalue weighted by Gasteiger charge is -2.12. The Bertz CT molecular complexity index is 1240. The molecule has 0 saturated heterocycles. The van der Waals surface area contributed by atoms with Crippen molar-refractivity contribution in [3.63, 3.8) is 0 Å². The number of amides is 1. The number of H-pyrrole nitrogens is 1. The zero-order valence-corrected chi connectivity index (χ0v) is 17.7. The standard InChI is InChI=1S/C23H21N3O3S/c1-13-6-8-16(9-7-13)23-25-15(3)20(30-23)14(2)24-21(27)17-10-11-18(26-22(17)28)19-5-4-12-29-19/h4-12,14H,1-3H3,(H,24,27)(H,26,28). The minimum atomic E-state index is -0.463. The lowest BCUT2D eigenvalue weighted by atomic mass is 10.1. The van der Waals surface area contributed by atoms with Gasteiger partial charge in [-0.1, -0.05) is 29.8 Å². The maximum Gasteiger partial charge on any atom is 0.261 e. The molecule has 3 aromatic heterocycles. The molecule has 0 aliphatic carbocycles. The largest absolute Gasteiger partial charge is 0.463 e. The van der Waals surface area contributed by atoms with Gasteiger partial charge in [-0.05, 0) is 45.0 Å². The van der Waals surface area contributed by atoms with E-state index in [1.807, 2.05) is 32.9 Å². The third-order valence-corrected chi connectivity index (χ3v) is 6.20. The summed E-state index contributed by atoms with van der Waals surface area (Å²) in [7, 11) is 0. The highest BCUT2D eigenvalue weighted by atomic mass is 32.1. The number of aromatic amines is 1. The van der Waals surface area contributed by atoms with Crippen LogP contribution in [0, 0.1) is 13.8 Å². The van der Waals surface area contributed by atoms with Crippen molar-refractivity contribution in [2.75, 3.05) is 0 Å². The second kappa shape index (κ2) is 8.12. The van der Waals surface area contributed by atoms with Crippen molar-refractivity contribution >= 4 is 17.2 Å². The second-order valence-corrected chi connectivity index (χ2v) is 8.15. The third kappa shape index (κ3) is 3.97. The van der Waals surface area contributed by atoms with Crippen LogP contribution < -0.4 is 10.9 Å². The van der Waals surface area contributed by atoms with Crippen LogP contribution in [0.3, 0.4) is 0 Å². The first kappa shape index (κ1) is 19.8. The molecule has 0 aliphatic rings. The van der Waals surface area contributed by atoms with E-state index in [1.54, 1.807) is 29.5 Å². The number of hydrogen-bond acceptors (Lipinski definition) is 5. The molecule has 0 aliphatic heterocycles. The van der Waals surface area contributed by atoms with Crippen molar-refractivity contribution in [1.82, 2.24) is 15.3 Å². The summed E-state index contributed by atoms with van der Waals surface area (Å²) in [4.78, 5) is 33.4. The summed E-state index contributed by atoms with van der Waals surface area (Å²) in [5.74, 6) is 0.107. The van der Waals surface area contributed by atoms with Gasteiger partial charge in [0.15, 0.2) is 0 Å². The summed E-state index contributed by atoms with van der Waals surface area (Å²) in [6.45, 7) is 5.86. The molecule has 0 fully saturated rings. The lowest BCUT2D eigenvalue weighted by Crippen LogP contribution is -2.31. The molecule has 4 rings (SSSR count). The van der Waals surface area contributed by atoms with Gasteiger partial charge >= 0.3 is 0 Å². The van der Waals surface area contributed by atoms with Crippen molar-refractivity contribution in [3.8, 4) is 22.0 Å². The summed E-state index contributed by atoms with van der Waals surface area (Å²) in [6.07, 6.45) is 1.53. The first-order valence-corrected chi connectivity index (χ1v) is 10.4. The average molecular weight is 420 g/mol. The fourth-order valence-corrected chi connectivity index (χ4v) is 4.27. The van der Waals surface area contributed by atoms with Crippen molar-refractivity contribution in [3.05, 3.63) is 86.8 Å². The number of hydrogen-bond donors (Lipinski definition) is 2. The van der Waals surface area contributed by atoms with Gasteiger partial charge in [0.05, 0.1) is 28.6 Å². The Morgan fingerprint density at radius 1 is 1.13 bits per heavy atom. The SMILES string of the molecule is Cc1ccc(-c2nc(C)c(C(C)NC(=O)c3ccc(-c4ccco4)[nH]c3=O)s2)cc1. The summed E-state index contributed by atoms with van der Waals surface area (Å²) in [5, 5.41) is 3.82. The molecule has 3 heterocycles. The fraction of sp³-hybridized carbons (Fsp3) is 0.174. The first-order valence-electron chi connectivity index (χ1n) is 9.55. The van der Waals surface area contributed by atoms with Gasteiger partial charge in [-0.3, -0.25) is 9.59 Å². The number of nitrogens with zero attached hydrogens (tertiary/aromatic N) is 1. The van der Waals surface area contributed by atoms with Crippen LogP contribution in [-0.2, 0) is 0 Å². The van der Waals surface area contributed by atoms with Gasteiger partial charge in [-0.15, -0.1) is 11.3 Å². The molecule has 1 unspecified atom stereocenters. The highest BCUT2D eigenvalue weighted by Crippen LogP contribution is 2.32. The molecule has 1 amide bonds. The second-order valence-electron chi connectivity index (χ2n) is 7.12. The van der Waals surface area contributed by atoms with Crippen LogP contribution in [0.4, 0.5) is 0 Å².